The minimum absolute atomic E-state index is 0.0448. The van der Waals surface area contributed by atoms with Crippen LogP contribution in [0.3, 0.4) is 0 Å². The van der Waals surface area contributed by atoms with Gasteiger partial charge in [0.2, 0.25) is 0 Å². The van der Waals surface area contributed by atoms with Crippen molar-refractivity contribution in [3.8, 4) is 0 Å². The van der Waals surface area contributed by atoms with Crippen LogP contribution in [0.4, 0.5) is 0 Å². The lowest BCUT2D eigenvalue weighted by molar-refractivity contribution is 0.0788. The average Bonchev–Trinajstić information content (AvgIpc) is 2.73. The summed E-state index contributed by atoms with van der Waals surface area (Å²) >= 11 is 6.04. The summed E-state index contributed by atoms with van der Waals surface area (Å²) in [6, 6.07) is 5.58. The molecule has 0 saturated heterocycles. The Labute approximate surface area is 129 Å². The van der Waals surface area contributed by atoms with Gasteiger partial charge in [0.25, 0.3) is 5.91 Å². The molecule has 4 heteroatoms. The second-order valence-electron chi connectivity index (χ2n) is 5.19. The number of aliphatic imine (C=N–C) groups is 1. The minimum Gasteiger partial charge on any atom is -0.311 e. The lowest BCUT2D eigenvalue weighted by Crippen LogP contribution is -2.37. The molecule has 1 aromatic rings. The van der Waals surface area contributed by atoms with Gasteiger partial charge in [-0.15, -0.1) is 0 Å². The van der Waals surface area contributed by atoms with E-state index in [4.69, 9.17) is 11.6 Å². The number of hydrogen-bond acceptors (Lipinski definition) is 2. The van der Waals surface area contributed by atoms with Gasteiger partial charge in [-0.3, -0.25) is 9.79 Å². The predicted octanol–water partition coefficient (Wildman–Crippen LogP) is 3.99. The highest BCUT2D eigenvalue weighted by Gasteiger charge is 2.27. The van der Waals surface area contributed by atoms with Crippen LogP contribution in [0.2, 0.25) is 5.02 Å². The van der Waals surface area contributed by atoms with Crippen LogP contribution in [0.15, 0.2) is 46.7 Å². The van der Waals surface area contributed by atoms with Crippen molar-refractivity contribution in [2.45, 2.75) is 26.2 Å². The number of halogens is 1. The molecule has 108 valence electrons. The number of nitrogens with zero attached hydrogens (tertiary/aromatic N) is 2. The van der Waals surface area contributed by atoms with Crippen molar-refractivity contribution in [2.75, 3.05) is 6.54 Å². The Morgan fingerprint density at radius 2 is 2.24 bits per heavy atom. The van der Waals surface area contributed by atoms with E-state index in [2.05, 4.69) is 11.9 Å². The third kappa shape index (κ3) is 2.66. The summed E-state index contributed by atoms with van der Waals surface area (Å²) in [4.78, 5) is 18.9. The van der Waals surface area contributed by atoms with E-state index >= 15 is 0 Å². The molecule has 1 amide bonds. The van der Waals surface area contributed by atoms with E-state index < -0.39 is 0 Å². The molecule has 0 unspecified atom stereocenters. The highest BCUT2D eigenvalue weighted by Crippen LogP contribution is 2.28. The fourth-order valence-electron chi connectivity index (χ4n) is 2.87. The zero-order valence-corrected chi connectivity index (χ0v) is 12.7. The molecule has 0 aromatic heterocycles. The molecule has 3 rings (SSSR count). The van der Waals surface area contributed by atoms with Crippen LogP contribution < -0.4 is 0 Å². The maximum Gasteiger partial charge on any atom is 0.258 e. The molecule has 2 aliphatic rings. The van der Waals surface area contributed by atoms with Crippen molar-refractivity contribution in [2.24, 2.45) is 4.99 Å². The number of allylic oxidation sites excluding steroid dienone is 3. The number of carbonyl (C=O) groups is 1. The van der Waals surface area contributed by atoms with Gasteiger partial charge in [-0.25, -0.2) is 0 Å². The third-order valence-corrected chi connectivity index (χ3v) is 4.22. The molecule has 0 atom stereocenters. The summed E-state index contributed by atoms with van der Waals surface area (Å²) in [6.07, 6.45) is 8.10. The second-order valence-corrected chi connectivity index (χ2v) is 5.62. The lowest BCUT2D eigenvalue weighted by atomic mass is 9.97. The zero-order chi connectivity index (χ0) is 14.8. The lowest BCUT2D eigenvalue weighted by Gasteiger charge is -2.31. The first-order valence-electron chi connectivity index (χ1n) is 7.21. The molecule has 21 heavy (non-hydrogen) atoms. The van der Waals surface area contributed by atoms with Gasteiger partial charge >= 0.3 is 0 Å². The van der Waals surface area contributed by atoms with Crippen molar-refractivity contribution < 1.29 is 4.79 Å². The SMILES string of the molecule is CCC1=C(N2CCc3ccc(Cl)cc3C2=O)CC=NC=C1. The Morgan fingerprint density at radius 1 is 1.38 bits per heavy atom. The van der Waals surface area contributed by atoms with Crippen molar-refractivity contribution in [1.82, 2.24) is 4.90 Å². The second kappa shape index (κ2) is 5.86. The molecule has 0 N–H and O–H groups in total. The molecular weight excluding hydrogens is 284 g/mol. The quantitative estimate of drug-likeness (QED) is 0.813. The maximum atomic E-state index is 12.8. The zero-order valence-electron chi connectivity index (χ0n) is 12.0. The summed E-state index contributed by atoms with van der Waals surface area (Å²) in [5, 5.41) is 0.607. The van der Waals surface area contributed by atoms with Crippen LogP contribution in [-0.2, 0) is 6.42 Å². The van der Waals surface area contributed by atoms with E-state index in [0.29, 0.717) is 18.0 Å². The van der Waals surface area contributed by atoms with Crippen LogP contribution >= 0.6 is 11.6 Å². The van der Waals surface area contributed by atoms with E-state index in [1.807, 2.05) is 29.3 Å². The number of benzene rings is 1. The summed E-state index contributed by atoms with van der Waals surface area (Å²) in [6.45, 7) is 2.82. The van der Waals surface area contributed by atoms with Gasteiger partial charge in [0, 0.05) is 41.7 Å². The number of carbonyl (C=O) groups excluding carboxylic acids is 1. The van der Waals surface area contributed by atoms with Crippen molar-refractivity contribution in [3.63, 3.8) is 0 Å². The van der Waals surface area contributed by atoms with Gasteiger partial charge in [-0.05, 0) is 42.2 Å². The highest BCUT2D eigenvalue weighted by molar-refractivity contribution is 6.31. The first-order valence-corrected chi connectivity index (χ1v) is 7.59. The van der Waals surface area contributed by atoms with Gasteiger partial charge in [0.05, 0.1) is 0 Å². The molecule has 2 heterocycles. The van der Waals surface area contributed by atoms with Crippen molar-refractivity contribution in [1.29, 1.82) is 0 Å². The van der Waals surface area contributed by atoms with Gasteiger partial charge in [0.15, 0.2) is 0 Å². The Balaban J connectivity index is 2.01. The van der Waals surface area contributed by atoms with Crippen molar-refractivity contribution >= 4 is 23.7 Å². The molecule has 0 saturated carbocycles. The largest absolute Gasteiger partial charge is 0.311 e. The Hall–Kier alpha value is -1.87. The van der Waals surface area contributed by atoms with Gasteiger partial charge in [0.1, 0.15) is 0 Å². The normalized spacial score (nSPS) is 18.0. The summed E-state index contributed by atoms with van der Waals surface area (Å²) in [5.74, 6) is 0.0448. The molecule has 0 fully saturated rings. The van der Waals surface area contributed by atoms with Gasteiger partial charge < -0.3 is 4.90 Å². The number of rotatable bonds is 2. The Bertz CT molecular complexity index is 673. The number of amides is 1. The molecule has 0 radical (unpaired) electrons. The van der Waals surface area contributed by atoms with Crippen LogP contribution in [0.1, 0.15) is 35.7 Å². The Morgan fingerprint density at radius 3 is 3.05 bits per heavy atom. The first-order chi connectivity index (χ1) is 10.2. The van der Waals surface area contributed by atoms with Gasteiger partial charge in [-0.2, -0.15) is 0 Å². The molecule has 0 spiro atoms. The van der Waals surface area contributed by atoms with Crippen molar-refractivity contribution in [3.05, 3.63) is 57.9 Å². The minimum atomic E-state index is 0.0448. The summed E-state index contributed by atoms with van der Waals surface area (Å²) in [7, 11) is 0. The van der Waals surface area contributed by atoms with Crippen LogP contribution in [0.25, 0.3) is 0 Å². The smallest absolute Gasteiger partial charge is 0.258 e. The molecule has 2 aliphatic heterocycles. The molecule has 0 aliphatic carbocycles. The van der Waals surface area contributed by atoms with E-state index in [-0.39, 0.29) is 5.91 Å². The molecule has 0 bridgehead atoms. The fourth-order valence-corrected chi connectivity index (χ4v) is 3.04. The molecule has 3 nitrogen and oxygen atoms in total. The summed E-state index contributed by atoms with van der Waals surface area (Å²) in [5.41, 5.74) is 4.04. The monoisotopic (exact) mass is 300 g/mol. The number of fused-ring (bicyclic) bond motifs is 1. The van der Waals surface area contributed by atoms with E-state index in [1.165, 1.54) is 5.57 Å². The fraction of sp³-hybridized carbons (Fsp3) is 0.294. The standard InChI is InChI=1S/C17H17ClN2O/c1-2-12-5-8-19-9-6-16(12)20-10-7-13-3-4-14(18)11-15(13)17(20)21/h3-5,8-9,11H,2,6-7,10H2,1H3. The first kappa shape index (κ1) is 14.1. The molecule has 1 aromatic carbocycles. The predicted molar refractivity (Wildman–Crippen MR) is 85.8 cm³/mol. The Kier molecular flexibility index (Phi) is 3.93. The van der Waals surface area contributed by atoms with E-state index in [9.17, 15) is 4.79 Å². The van der Waals surface area contributed by atoms with Crippen LogP contribution in [-0.4, -0.2) is 23.6 Å². The van der Waals surface area contributed by atoms with E-state index in [0.717, 1.165) is 29.7 Å². The van der Waals surface area contributed by atoms with Gasteiger partial charge in [-0.1, -0.05) is 24.6 Å². The topological polar surface area (TPSA) is 32.7 Å². The molecular formula is C17H17ClN2O. The van der Waals surface area contributed by atoms with E-state index in [1.54, 1.807) is 12.3 Å². The summed E-state index contributed by atoms with van der Waals surface area (Å²) < 4.78 is 0. The average molecular weight is 301 g/mol. The third-order valence-electron chi connectivity index (χ3n) is 3.98. The van der Waals surface area contributed by atoms with Crippen LogP contribution in [0.5, 0.6) is 0 Å². The van der Waals surface area contributed by atoms with Crippen LogP contribution in [0, 0.1) is 0 Å². The number of hydrogen-bond donors (Lipinski definition) is 0. The highest BCUT2D eigenvalue weighted by atomic mass is 35.5. The maximum absolute atomic E-state index is 12.8.